The summed E-state index contributed by atoms with van der Waals surface area (Å²) in [6.07, 6.45) is 3.20. The average Bonchev–Trinajstić information content (AvgIpc) is 2.64. The Bertz CT molecular complexity index is 808. The SMILES string of the molecule is COc1c(Nc2ccc(CC(=O)O)nc2C)ncnc1OC1CCNCC1. The van der Waals surface area contributed by atoms with Crippen molar-refractivity contribution in [3.63, 3.8) is 0 Å². The zero-order valence-corrected chi connectivity index (χ0v) is 15.4. The van der Waals surface area contributed by atoms with E-state index in [4.69, 9.17) is 14.6 Å². The molecule has 0 aromatic carbocycles. The fraction of sp³-hybridized carbons (Fsp3) is 0.444. The van der Waals surface area contributed by atoms with E-state index in [1.165, 1.54) is 6.33 Å². The minimum absolute atomic E-state index is 0.0848. The summed E-state index contributed by atoms with van der Waals surface area (Å²) < 4.78 is 11.5. The molecule has 9 heteroatoms. The molecule has 3 heterocycles. The molecule has 1 fully saturated rings. The molecule has 0 spiro atoms. The molecule has 0 unspecified atom stereocenters. The summed E-state index contributed by atoms with van der Waals surface area (Å²) >= 11 is 0. The fourth-order valence-corrected chi connectivity index (χ4v) is 2.91. The van der Waals surface area contributed by atoms with Crippen molar-refractivity contribution in [2.24, 2.45) is 0 Å². The van der Waals surface area contributed by atoms with Gasteiger partial charge in [-0.15, -0.1) is 0 Å². The van der Waals surface area contributed by atoms with Gasteiger partial charge >= 0.3 is 5.97 Å². The Kier molecular flexibility index (Phi) is 6.02. The quantitative estimate of drug-likeness (QED) is 0.666. The molecular weight excluding hydrogens is 350 g/mol. The molecule has 0 saturated carbocycles. The predicted molar refractivity (Wildman–Crippen MR) is 98.7 cm³/mol. The average molecular weight is 373 g/mol. The van der Waals surface area contributed by atoms with Gasteiger partial charge in [-0.05, 0) is 45.0 Å². The molecule has 1 aliphatic heterocycles. The Balaban J connectivity index is 1.80. The van der Waals surface area contributed by atoms with Crippen LogP contribution in [0.1, 0.15) is 24.2 Å². The third-order valence-electron chi connectivity index (χ3n) is 4.27. The van der Waals surface area contributed by atoms with Crippen LogP contribution in [0.25, 0.3) is 0 Å². The van der Waals surface area contributed by atoms with Crippen molar-refractivity contribution in [3.8, 4) is 11.6 Å². The van der Waals surface area contributed by atoms with Crippen LogP contribution >= 0.6 is 0 Å². The van der Waals surface area contributed by atoms with E-state index in [2.05, 4.69) is 25.6 Å². The number of carboxylic acids is 1. The molecule has 9 nitrogen and oxygen atoms in total. The van der Waals surface area contributed by atoms with Gasteiger partial charge in [-0.2, -0.15) is 4.98 Å². The monoisotopic (exact) mass is 373 g/mol. The third kappa shape index (κ3) is 4.82. The molecule has 0 aliphatic carbocycles. The lowest BCUT2D eigenvalue weighted by atomic mass is 10.1. The van der Waals surface area contributed by atoms with E-state index in [0.29, 0.717) is 34.5 Å². The van der Waals surface area contributed by atoms with Crippen LogP contribution in [0, 0.1) is 6.92 Å². The van der Waals surface area contributed by atoms with Crippen LogP contribution in [0.15, 0.2) is 18.5 Å². The van der Waals surface area contributed by atoms with Crippen LogP contribution in [0.5, 0.6) is 11.6 Å². The number of hydrogen-bond acceptors (Lipinski definition) is 8. The Morgan fingerprint density at radius 3 is 2.78 bits per heavy atom. The highest BCUT2D eigenvalue weighted by atomic mass is 16.5. The summed E-state index contributed by atoms with van der Waals surface area (Å²) in [6.45, 7) is 3.63. The minimum atomic E-state index is -0.917. The Morgan fingerprint density at radius 2 is 2.11 bits per heavy atom. The largest absolute Gasteiger partial charge is 0.489 e. The molecule has 2 aromatic heterocycles. The van der Waals surface area contributed by atoms with Crippen molar-refractivity contribution >= 4 is 17.5 Å². The first-order valence-corrected chi connectivity index (χ1v) is 8.78. The fourth-order valence-electron chi connectivity index (χ4n) is 2.91. The van der Waals surface area contributed by atoms with Crippen molar-refractivity contribution in [1.29, 1.82) is 0 Å². The van der Waals surface area contributed by atoms with Crippen LogP contribution in [-0.2, 0) is 11.2 Å². The number of aliphatic carboxylic acids is 1. The van der Waals surface area contributed by atoms with Gasteiger partial charge in [0.25, 0.3) is 5.88 Å². The predicted octanol–water partition coefficient (Wildman–Crippen LogP) is 1.69. The second kappa shape index (κ2) is 8.63. The zero-order chi connectivity index (χ0) is 19.2. The molecule has 0 radical (unpaired) electrons. The van der Waals surface area contributed by atoms with Crippen molar-refractivity contribution in [1.82, 2.24) is 20.3 Å². The Hall–Kier alpha value is -2.94. The van der Waals surface area contributed by atoms with E-state index in [9.17, 15) is 4.79 Å². The highest BCUT2D eigenvalue weighted by molar-refractivity contribution is 5.70. The summed E-state index contributed by atoms with van der Waals surface area (Å²) in [5, 5.41) is 15.4. The van der Waals surface area contributed by atoms with E-state index in [-0.39, 0.29) is 12.5 Å². The van der Waals surface area contributed by atoms with E-state index in [1.54, 1.807) is 26.2 Å². The number of pyridine rings is 1. The molecule has 0 amide bonds. The highest BCUT2D eigenvalue weighted by Gasteiger charge is 2.20. The number of carboxylic acid groups (broad SMARTS) is 1. The topological polar surface area (TPSA) is 118 Å². The first kappa shape index (κ1) is 18.8. The van der Waals surface area contributed by atoms with Crippen molar-refractivity contribution in [3.05, 3.63) is 29.8 Å². The van der Waals surface area contributed by atoms with Crippen LogP contribution in [0.4, 0.5) is 11.5 Å². The smallest absolute Gasteiger partial charge is 0.309 e. The summed E-state index contributed by atoms with van der Waals surface area (Å²) in [7, 11) is 1.54. The second-order valence-corrected chi connectivity index (χ2v) is 6.26. The number of aromatic nitrogens is 3. The van der Waals surface area contributed by atoms with Gasteiger partial charge in [-0.3, -0.25) is 9.78 Å². The zero-order valence-electron chi connectivity index (χ0n) is 15.4. The van der Waals surface area contributed by atoms with Gasteiger partial charge in [0.05, 0.1) is 30.6 Å². The third-order valence-corrected chi connectivity index (χ3v) is 4.27. The second-order valence-electron chi connectivity index (χ2n) is 6.26. The lowest BCUT2D eigenvalue weighted by Crippen LogP contribution is -2.34. The summed E-state index contributed by atoms with van der Waals surface area (Å²) in [5.74, 6) is 0.368. The molecule has 0 bridgehead atoms. The van der Waals surface area contributed by atoms with Gasteiger partial charge in [0.2, 0.25) is 5.75 Å². The standard InChI is InChI=1S/C18H23N5O4/c1-11-14(4-3-12(22-11)9-15(24)25)23-17-16(26-2)18(21-10-20-17)27-13-5-7-19-8-6-13/h3-4,10,13,19H,5-9H2,1-2H3,(H,24,25)(H,20,21,23). The number of rotatable bonds is 7. The number of nitrogens with zero attached hydrogens (tertiary/aromatic N) is 3. The number of aryl methyl sites for hydroxylation is 1. The van der Waals surface area contributed by atoms with E-state index >= 15 is 0 Å². The summed E-state index contributed by atoms with van der Waals surface area (Å²) in [4.78, 5) is 23.6. The van der Waals surface area contributed by atoms with Gasteiger partial charge < -0.3 is 25.2 Å². The van der Waals surface area contributed by atoms with Crippen LogP contribution in [0.3, 0.4) is 0 Å². The molecular formula is C18H23N5O4. The van der Waals surface area contributed by atoms with Crippen molar-refractivity contribution < 1.29 is 19.4 Å². The van der Waals surface area contributed by atoms with Gasteiger partial charge in [0, 0.05) is 0 Å². The maximum atomic E-state index is 10.8. The molecule has 3 N–H and O–H groups in total. The van der Waals surface area contributed by atoms with Crippen LogP contribution in [-0.4, -0.2) is 52.3 Å². The maximum absolute atomic E-state index is 10.8. The first-order chi connectivity index (χ1) is 13.1. The number of carbonyl (C=O) groups is 1. The molecule has 144 valence electrons. The lowest BCUT2D eigenvalue weighted by molar-refractivity contribution is -0.136. The van der Waals surface area contributed by atoms with Gasteiger partial charge in [0.15, 0.2) is 5.82 Å². The van der Waals surface area contributed by atoms with Crippen molar-refractivity contribution in [2.75, 3.05) is 25.5 Å². The molecule has 3 rings (SSSR count). The van der Waals surface area contributed by atoms with Gasteiger partial charge in [0.1, 0.15) is 12.4 Å². The number of piperidine rings is 1. The van der Waals surface area contributed by atoms with E-state index < -0.39 is 5.97 Å². The number of anilines is 2. The van der Waals surface area contributed by atoms with Crippen molar-refractivity contribution in [2.45, 2.75) is 32.3 Å². The van der Waals surface area contributed by atoms with Gasteiger partial charge in [-0.1, -0.05) is 0 Å². The maximum Gasteiger partial charge on any atom is 0.309 e. The first-order valence-electron chi connectivity index (χ1n) is 8.78. The molecule has 27 heavy (non-hydrogen) atoms. The van der Waals surface area contributed by atoms with Crippen LogP contribution in [0.2, 0.25) is 0 Å². The normalized spacial score (nSPS) is 14.6. The summed E-state index contributed by atoms with van der Waals surface area (Å²) in [5.41, 5.74) is 1.86. The Morgan fingerprint density at radius 1 is 1.33 bits per heavy atom. The number of ether oxygens (including phenoxy) is 2. The number of hydrogen-bond donors (Lipinski definition) is 3. The van der Waals surface area contributed by atoms with E-state index in [0.717, 1.165) is 25.9 Å². The molecule has 0 atom stereocenters. The molecule has 1 aliphatic rings. The Labute approximate surface area is 157 Å². The highest BCUT2D eigenvalue weighted by Crippen LogP contribution is 2.34. The number of nitrogens with one attached hydrogen (secondary N) is 2. The van der Waals surface area contributed by atoms with E-state index in [1.807, 2.05) is 0 Å². The summed E-state index contributed by atoms with van der Waals surface area (Å²) in [6, 6.07) is 3.44. The number of methoxy groups -OCH3 is 1. The van der Waals surface area contributed by atoms with Crippen LogP contribution < -0.4 is 20.1 Å². The minimum Gasteiger partial charge on any atom is -0.489 e. The lowest BCUT2D eigenvalue weighted by Gasteiger charge is -2.24. The van der Waals surface area contributed by atoms with Gasteiger partial charge in [-0.25, -0.2) is 4.98 Å². The molecule has 2 aromatic rings. The molecule has 1 saturated heterocycles.